The molecule has 7 nitrogen and oxygen atoms in total. The molecule has 0 radical (unpaired) electrons. The summed E-state index contributed by atoms with van der Waals surface area (Å²) in [5.74, 6) is -1.20. The largest absolute Gasteiger partial charge is 0.348 e. The standard InChI is InChI=1S/C13H15N3O4S/c1-2-8-14-12(17)13-15-11(16-20-13)9-21(18,19)10-6-4-3-5-7-10/h3-7H,2,8-9H2,1H3,(H,14,17). The topological polar surface area (TPSA) is 102 Å². The maximum absolute atomic E-state index is 12.1. The smallest absolute Gasteiger partial charge is 0.315 e. The molecule has 0 unspecified atom stereocenters. The van der Waals surface area contributed by atoms with Crippen LogP contribution >= 0.6 is 0 Å². The van der Waals surface area contributed by atoms with Crippen LogP contribution in [0, 0.1) is 0 Å². The van der Waals surface area contributed by atoms with Gasteiger partial charge in [0, 0.05) is 6.54 Å². The third-order valence-electron chi connectivity index (χ3n) is 2.62. The molecular formula is C13H15N3O4S. The van der Waals surface area contributed by atoms with Crippen molar-refractivity contribution in [3.63, 3.8) is 0 Å². The van der Waals surface area contributed by atoms with Gasteiger partial charge in [0.1, 0.15) is 5.75 Å². The van der Waals surface area contributed by atoms with Crippen LogP contribution in [-0.4, -0.2) is 31.0 Å². The molecule has 0 aliphatic rings. The lowest BCUT2D eigenvalue weighted by Gasteiger charge is -2.00. The van der Waals surface area contributed by atoms with E-state index >= 15 is 0 Å². The Labute approximate surface area is 122 Å². The molecule has 2 aromatic rings. The van der Waals surface area contributed by atoms with Gasteiger partial charge in [-0.3, -0.25) is 4.79 Å². The van der Waals surface area contributed by atoms with Crippen molar-refractivity contribution >= 4 is 15.7 Å². The number of rotatable bonds is 6. The maximum Gasteiger partial charge on any atom is 0.315 e. The minimum Gasteiger partial charge on any atom is -0.348 e. The Balaban J connectivity index is 2.11. The number of hydrogen-bond donors (Lipinski definition) is 1. The molecule has 1 N–H and O–H groups in total. The van der Waals surface area contributed by atoms with E-state index in [1.807, 2.05) is 6.92 Å². The highest BCUT2D eigenvalue weighted by Crippen LogP contribution is 2.14. The van der Waals surface area contributed by atoms with Crippen LogP contribution in [0.25, 0.3) is 0 Å². The number of nitrogens with zero attached hydrogens (tertiary/aromatic N) is 2. The Morgan fingerprint density at radius 2 is 2.00 bits per heavy atom. The molecule has 112 valence electrons. The number of aromatic nitrogens is 2. The SMILES string of the molecule is CCCNC(=O)c1nc(CS(=O)(=O)c2ccccc2)no1. The summed E-state index contributed by atoms with van der Waals surface area (Å²) >= 11 is 0. The molecule has 1 amide bonds. The molecule has 0 spiro atoms. The van der Waals surface area contributed by atoms with Gasteiger partial charge < -0.3 is 9.84 Å². The third kappa shape index (κ3) is 3.88. The van der Waals surface area contributed by atoms with Gasteiger partial charge >= 0.3 is 11.8 Å². The van der Waals surface area contributed by atoms with Crippen LogP contribution in [0.15, 0.2) is 39.8 Å². The molecule has 8 heteroatoms. The summed E-state index contributed by atoms with van der Waals surface area (Å²) in [6.07, 6.45) is 0.773. The minimum atomic E-state index is -3.56. The first-order valence-corrected chi connectivity index (χ1v) is 8.06. The van der Waals surface area contributed by atoms with Gasteiger partial charge in [-0.15, -0.1) is 0 Å². The molecular weight excluding hydrogens is 294 g/mol. The highest BCUT2D eigenvalue weighted by molar-refractivity contribution is 7.90. The quantitative estimate of drug-likeness (QED) is 0.859. The number of sulfone groups is 1. The molecule has 2 rings (SSSR count). The van der Waals surface area contributed by atoms with Gasteiger partial charge in [-0.2, -0.15) is 4.98 Å². The molecule has 0 saturated carbocycles. The fourth-order valence-electron chi connectivity index (χ4n) is 1.60. The van der Waals surface area contributed by atoms with Crippen molar-refractivity contribution in [1.82, 2.24) is 15.5 Å². The average Bonchev–Trinajstić information content (AvgIpc) is 2.93. The maximum atomic E-state index is 12.1. The first kappa shape index (κ1) is 15.2. The van der Waals surface area contributed by atoms with E-state index in [0.717, 1.165) is 6.42 Å². The molecule has 0 aliphatic carbocycles. The van der Waals surface area contributed by atoms with Crippen molar-refractivity contribution in [2.45, 2.75) is 24.0 Å². The summed E-state index contributed by atoms with van der Waals surface area (Å²) in [5, 5.41) is 6.10. The van der Waals surface area contributed by atoms with Crippen molar-refractivity contribution in [3.8, 4) is 0 Å². The average molecular weight is 309 g/mol. The summed E-state index contributed by atoms with van der Waals surface area (Å²) in [6, 6.07) is 7.97. The normalized spacial score (nSPS) is 11.3. The molecule has 1 aromatic carbocycles. The zero-order valence-electron chi connectivity index (χ0n) is 11.4. The monoisotopic (exact) mass is 309 g/mol. The van der Waals surface area contributed by atoms with Crippen LogP contribution in [0.3, 0.4) is 0 Å². The van der Waals surface area contributed by atoms with Crippen molar-refractivity contribution < 1.29 is 17.7 Å². The van der Waals surface area contributed by atoms with Gasteiger partial charge in [0.15, 0.2) is 15.7 Å². The van der Waals surface area contributed by atoms with Gasteiger partial charge in [0.05, 0.1) is 4.90 Å². The first-order chi connectivity index (χ1) is 10.0. The minimum absolute atomic E-state index is 0.0412. The van der Waals surface area contributed by atoms with Crippen molar-refractivity contribution in [2.24, 2.45) is 0 Å². The zero-order chi connectivity index (χ0) is 15.3. The molecule has 0 aliphatic heterocycles. The van der Waals surface area contributed by atoms with Gasteiger partial charge in [-0.25, -0.2) is 8.42 Å². The van der Waals surface area contributed by atoms with Crippen LogP contribution < -0.4 is 5.32 Å². The van der Waals surface area contributed by atoms with E-state index in [4.69, 9.17) is 4.52 Å². The molecule has 21 heavy (non-hydrogen) atoms. The van der Waals surface area contributed by atoms with Gasteiger partial charge in [-0.05, 0) is 18.6 Å². The first-order valence-electron chi connectivity index (χ1n) is 6.41. The van der Waals surface area contributed by atoms with Crippen LogP contribution in [0.4, 0.5) is 0 Å². The summed E-state index contributed by atoms with van der Waals surface area (Å²) in [4.78, 5) is 15.6. The molecule has 0 saturated heterocycles. The number of hydrogen-bond acceptors (Lipinski definition) is 6. The number of carbonyl (C=O) groups excluding carboxylic acids is 1. The molecule has 0 bridgehead atoms. The van der Waals surface area contributed by atoms with E-state index in [-0.39, 0.29) is 16.6 Å². The lowest BCUT2D eigenvalue weighted by Crippen LogP contribution is -2.24. The predicted molar refractivity (Wildman–Crippen MR) is 74.3 cm³/mol. The second kappa shape index (κ2) is 6.49. The number of carbonyl (C=O) groups is 1. The Morgan fingerprint density at radius 1 is 1.29 bits per heavy atom. The second-order valence-corrected chi connectivity index (χ2v) is 6.33. The molecule has 1 aromatic heterocycles. The van der Waals surface area contributed by atoms with Crippen LogP contribution in [0.5, 0.6) is 0 Å². The van der Waals surface area contributed by atoms with Crippen molar-refractivity contribution in [2.75, 3.05) is 6.54 Å². The second-order valence-electron chi connectivity index (χ2n) is 4.34. The van der Waals surface area contributed by atoms with Gasteiger partial charge in [0.25, 0.3) is 0 Å². The Kier molecular flexibility index (Phi) is 4.69. The van der Waals surface area contributed by atoms with Crippen molar-refractivity contribution in [1.29, 1.82) is 0 Å². The number of benzene rings is 1. The summed E-state index contributed by atoms with van der Waals surface area (Å²) in [6.45, 7) is 2.39. The van der Waals surface area contributed by atoms with E-state index < -0.39 is 21.5 Å². The van der Waals surface area contributed by atoms with E-state index in [2.05, 4.69) is 15.5 Å². The van der Waals surface area contributed by atoms with Gasteiger partial charge in [0.2, 0.25) is 0 Å². The van der Waals surface area contributed by atoms with E-state index in [1.165, 1.54) is 12.1 Å². The molecule has 0 atom stereocenters. The summed E-state index contributed by atoms with van der Waals surface area (Å²) < 4.78 is 29.0. The van der Waals surface area contributed by atoms with Gasteiger partial charge in [-0.1, -0.05) is 30.3 Å². The highest BCUT2D eigenvalue weighted by atomic mass is 32.2. The lowest BCUT2D eigenvalue weighted by molar-refractivity contribution is 0.0910. The Bertz CT molecular complexity index is 710. The van der Waals surface area contributed by atoms with Crippen molar-refractivity contribution in [3.05, 3.63) is 42.0 Å². The van der Waals surface area contributed by atoms with E-state index in [1.54, 1.807) is 18.2 Å². The third-order valence-corrected chi connectivity index (χ3v) is 4.25. The van der Waals surface area contributed by atoms with Crippen LogP contribution in [0.1, 0.15) is 29.9 Å². The summed E-state index contributed by atoms with van der Waals surface area (Å²) in [7, 11) is -3.56. The highest BCUT2D eigenvalue weighted by Gasteiger charge is 2.21. The van der Waals surface area contributed by atoms with E-state index in [0.29, 0.717) is 6.54 Å². The van der Waals surface area contributed by atoms with Crippen LogP contribution in [-0.2, 0) is 15.6 Å². The number of nitrogens with one attached hydrogen (secondary N) is 1. The zero-order valence-corrected chi connectivity index (χ0v) is 12.3. The fraction of sp³-hybridized carbons (Fsp3) is 0.308. The van der Waals surface area contributed by atoms with Crippen LogP contribution in [0.2, 0.25) is 0 Å². The molecule has 1 heterocycles. The lowest BCUT2D eigenvalue weighted by atomic mass is 10.4. The predicted octanol–water partition coefficient (Wildman–Crippen LogP) is 1.18. The molecule has 0 fully saturated rings. The Morgan fingerprint density at radius 3 is 2.67 bits per heavy atom. The van der Waals surface area contributed by atoms with E-state index in [9.17, 15) is 13.2 Å². The Hall–Kier alpha value is -2.22. The summed E-state index contributed by atoms with van der Waals surface area (Å²) in [5.41, 5.74) is 0. The number of amides is 1. The fourth-order valence-corrected chi connectivity index (χ4v) is 2.80.